The molecule has 0 unspecified atom stereocenters. The summed E-state index contributed by atoms with van der Waals surface area (Å²) in [5.41, 5.74) is -0.818. The van der Waals surface area contributed by atoms with Crippen LogP contribution >= 0.6 is 47.8 Å². The highest BCUT2D eigenvalue weighted by Gasteiger charge is 2.25. The Bertz CT molecular complexity index is 404. The number of rotatable bonds is 2. The van der Waals surface area contributed by atoms with E-state index in [1.54, 1.807) is 0 Å². The molecule has 2 N–H and O–H groups in total. The van der Waals surface area contributed by atoms with Gasteiger partial charge in [-0.05, 0) is 57.8 Å². The predicted molar refractivity (Wildman–Crippen MR) is 74.5 cm³/mol. The van der Waals surface area contributed by atoms with E-state index in [0.29, 0.717) is 5.69 Å². The molecule has 0 aliphatic carbocycles. The van der Waals surface area contributed by atoms with Crippen LogP contribution in [0.15, 0.2) is 25.6 Å². The number of anilines is 1. The molecule has 0 aliphatic rings. The maximum absolute atomic E-state index is 11.6. The molecule has 0 saturated heterocycles. The van der Waals surface area contributed by atoms with Crippen molar-refractivity contribution in [2.75, 3.05) is 5.32 Å². The molecule has 0 heterocycles. The van der Waals surface area contributed by atoms with Crippen molar-refractivity contribution in [2.45, 2.75) is 19.4 Å². The van der Waals surface area contributed by atoms with Crippen LogP contribution in [0.25, 0.3) is 0 Å². The van der Waals surface area contributed by atoms with Crippen LogP contribution in [-0.4, -0.2) is 16.6 Å². The van der Waals surface area contributed by atoms with E-state index in [1.165, 1.54) is 13.8 Å². The summed E-state index contributed by atoms with van der Waals surface area (Å²) in [6, 6.07) is 3.62. The van der Waals surface area contributed by atoms with Gasteiger partial charge < -0.3 is 10.4 Å². The molecule has 1 rings (SSSR count). The molecule has 0 saturated carbocycles. The van der Waals surface area contributed by atoms with Crippen molar-refractivity contribution in [1.82, 2.24) is 0 Å². The smallest absolute Gasteiger partial charge is 0.255 e. The molecular weight excluding hydrogens is 406 g/mol. The highest BCUT2D eigenvalue weighted by Crippen LogP contribution is 2.34. The van der Waals surface area contributed by atoms with Crippen molar-refractivity contribution in [3.63, 3.8) is 0 Å². The van der Waals surface area contributed by atoms with Gasteiger partial charge in [-0.25, -0.2) is 0 Å². The molecule has 0 atom stereocenters. The Hall–Kier alpha value is 0.0900. The maximum Gasteiger partial charge on any atom is 0.255 e. The second kappa shape index (κ2) is 5.16. The van der Waals surface area contributed by atoms with Gasteiger partial charge in [-0.15, -0.1) is 0 Å². The van der Waals surface area contributed by atoms with Crippen LogP contribution in [-0.2, 0) is 4.79 Å². The molecule has 1 aromatic carbocycles. The molecule has 3 nitrogen and oxygen atoms in total. The van der Waals surface area contributed by atoms with Gasteiger partial charge in [0.15, 0.2) is 0 Å². The first kappa shape index (κ1) is 14.2. The highest BCUT2D eigenvalue weighted by molar-refractivity contribution is 9.11. The van der Waals surface area contributed by atoms with E-state index in [0.717, 1.165) is 13.4 Å². The molecule has 88 valence electrons. The first-order chi connectivity index (χ1) is 7.21. The van der Waals surface area contributed by atoms with Gasteiger partial charge >= 0.3 is 0 Å². The molecule has 1 amide bonds. The number of nitrogens with one attached hydrogen (secondary N) is 1. The highest BCUT2D eigenvalue weighted by atomic mass is 79.9. The van der Waals surface area contributed by atoms with Crippen molar-refractivity contribution >= 4 is 59.4 Å². The Kier molecular flexibility index (Phi) is 4.57. The lowest BCUT2D eigenvalue weighted by Crippen LogP contribution is -2.36. The van der Waals surface area contributed by atoms with E-state index < -0.39 is 11.5 Å². The lowest BCUT2D eigenvalue weighted by Gasteiger charge is -2.18. The van der Waals surface area contributed by atoms with Crippen LogP contribution in [0.2, 0.25) is 0 Å². The molecule has 0 aliphatic heterocycles. The standard InChI is InChI=1S/C10H10Br3NO2/c1-10(2,16)9(15)14-8-6(12)3-5(11)4-7(8)13/h3-4,16H,1-2H3,(H,14,15). The molecular formula is C10H10Br3NO2. The molecule has 0 bridgehead atoms. The number of carbonyl (C=O) groups is 1. The van der Waals surface area contributed by atoms with Gasteiger partial charge in [0.1, 0.15) is 5.60 Å². The van der Waals surface area contributed by atoms with Gasteiger partial charge in [-0.1, -0.05) is 15.9 Å². The molecule has 0 radical (unpaired) electrons. The zero-order valence-electron chi connectivity index (χ0n) is 8.64. The van der Waals surface area contributed by atoms with Gasteiger partial charge in [0, 0.05) is 13.4 Å². The average molecular weight is 416 g/mol. The second-order valence-electron chi connectivity index (χ2n) is 3.76. The van der Waals surface area contributed by atoms with Crippen molar-refractivity contribution in [1.29, 1.82) is 0 Å². The van der Waals surface area contributed by atoms with E-state index >= 15 is 0 Å². The summed E-state index contributed by atoms with van der Waals surface area (Å²) in [7, 11) is 0. The first-order valence-electron chi connectivity index (χ1n) is 4.40. The van der Waals surface area contributed by atoms with Gasteiger partial charge in [0.25, 0.3) is 5.91 Å². The summed E-state index contributed by atoms with van der Waals surface area (Å²) in [5, 5.41) is 12.2. The van der Waals surface area contributed by atoms with Crippen molar-refractivity contribution in [3.05, 3.63) is 25.6 Å². The van der Waals surface area contributed by atoms with Crippen molar-refractivity contribution < 1.29 is 9.90 Å². The molecule has 0 aromatic heterocycles. The third-order valence-electron chi connectivity index (χ3n) is 1.80. The number of halogens is 3. The molecule has 16 heavy (non-hydrogen) atoms. The van der Waals surface area contributed by atoms with Gasteiger partial charge in [0.2, 0.25) is 0 Å². The second-order valence-corrected chi connectivity index (χ2v) is 6.38. The van der Waals surface area contributed by atoms with Gasteiger partial charge in [-0.3, -0.25) is 4.79 Å². The topological polar surface area (TPSA) is 49.3 Å². The van der Waals surface area contributed by atoms with Crippen molar-refractivity contribution in [2.24, 2.45) is 0 Å². The minimum Gasteiger partial charge on any atom is -0.381 e. The zero-order valence-corrected chi connectivity index (χ0v) is 13.4. The van der Waals surface area contributed by atoms with E-state index in [-0.39, 0.29) is 0 Å². The summed E-state index contributed by atoms with van der Waals surface area (Å²) in [6.45, 7) is 2.87. The monoisotopic (exact) mass is 413 g/mol. The molecule has 0 fully saturated rings. The predicted octanol–water partition coefficient (Wildman–Crippen LogP) is 3.68. The van der Waals surface area contributed by atoms with Gasteiger partial charge in [-0.2, -0.15) is 0 Å². The summed E-state index contributed by atoms with van der Waals surface area (Å²) in [6.07, 6.45) is 0. The number of amides is 1. The fourth-order valence-corrected chi connectivity index (χ4v) is 3.39. The average Bonchev–Trinajstić information content (AvgIpc) is 2.08. The van der Waals surface area contributed by atoms with Gasteiger partial charge in [0.05, 0.1) is 5.69 Å². The third kappa shape index (κ3) is 3.55. The number of hydrogen-bond donors (Lipinski definition) is 2. The summed E-state index contributed by atoms with van der Waals surface area (Å²) in [4.78, 5) is 11.6. The van der Waals surface area contributed by atoms with E-state index in [2.05, 4.69) is 53.1 Å². The van der Waals surface area contributed by atoms with E-state index in [1.807, 2.05) is 12.1 Å². The van der Waals surface area contributed by atoms with Crippen LogP contribution < -0.4 is 5.32 Å². The normalized spacial score (nSPS) is 11.4. The fraction of sp³-hybridized carbons (Fsp3) is 0.300. The number of aliphatic hydroxyl groups is 1. The quantitative estimate of drug-likeness (QED) is 0.774. The summed E-state index contributed by atoms with van der Waals surface area (Å²) < 4.78 is 2.34. The lowest BCUT2D eigenvalue weighted by molar-refractivity contribution is -0.130. The van der Waals surface area contributed by atoms with Crippen LogP contribution in [0, 0.1) is 0 Å². The Morgan fingerprint density at radius 1 is 1.25 bits per heavy atom. The minimum atomic E-state index is -1.41. The maximum atomic E-state index is 11.6. The largest absolute Gasteiger partial charge is 0.381 e. The minimum absolute atomic E-state index is 0.462. The summed E-state index contributed by atoms with van der Waals surface area (Å²) in [5.74, 6) is -0.462. The third-order valence-corrected chi connectivity index (χ3v) is 3.51. The van der Waals surface area contributed by atoms with Crippen molar-refractivity contribution in [3.8, 4) is 0 Å². The number of hydrogen-bond acceptors (Lipinski definition) is 2. The summed E-state index contributed by atoms with van der Waals surface area (Å²) >= 11 is 10.0. The Labute approximate surface area is 119 Å². The Balaban J connectivity index is 3.03. The Morgan fingerprint density at radius 3 is 2.06 bits per heavy atom. The Morgan fingerprint density at radius 2 is 1.69 bits per heavy atom. The van der Waals surface area contributed by atoms with E-state index in [4.69, 9.17) is 0 Å². The fourth-order valence-electron chi connectivity index (χ4n) is 0.928. The molecule has 6 heteroatoms. The SMILES string of the molecule is CC(C)(O)C(=O)Nc1c(Br)cc(Br)cc1Br. The van der Waals surface area contributed by atoms with Crippen LogP contribution in [0.4, 0.5) is 5.69 Å². The van der Waals surface area contributed by atoms with Crippen LogP contribution in [0.1, 0.15) is 13.8 Å². The lowest BCUT2D eigenvalue weighted by atomic mass is 10.1. The number of benzene rings is 1. The molecule has 1 aromatic rings. The van der Waals surface area contributed by atoms with Crippen LogP contribution in [0.3, 0.4) is 0 Å². The zero-order chi connectivity index (χ0) is 12.5. The van der Waals surface area contributed by atoms with Crippen LogP contribution in [0.5, 0.6) is 0 Å². The number of carbonyl (C=O) groups excluding carboxylic acids is 1. The first-order valence-corrected chi connectivity index (χ1v) is 6.78. The molecule has 0 spiro atoms. The van der Waals surface area contributed by atoms with E-state index in [9.17, 15) is 9.90 Å².